The lowest BCUT2D eigenvalue weighted by atomic mass is 10.1. The highest BCUT2D eigenvalue weighted by Gasteiger charge is 2.29. The van der Waals surface area contributed by atoms with Crippen LogP contribution in [0, 0.1) is 12.7 Å². The fourth-order valence-corrected chi connectivity index (χ4v) is 5.63. The van der Waals surface area contributed by atoms with Crippen molar-refractivity contribution in [3.05, 3.63) is 40.3 Å². The Hall–Kier alpha value is -2.50. The van der Waals surface area contributed by atoms with Gasteiger partial charge in [0.1, 0.15) is 21.5 Å². The summed E-state index contributed by atoms with van der Waals surface area (Å²) in [4.78, 5) is 4.82. The summed E-state index contributed by atoms with van der Waals surface area (Å²) in [5, 5.41) is 4.11. The quantitative estimate of drug-likeness (QED) is 0.670. The molecule has 148 valence electrons. The largest absolute Gasteiger partial charge is 0.495 e. The van der Waals surface area contributed by atoms with Gasteiger partial charge in [-0.05, 0) is 37.1 Å². The summed E-state index contributed by atoms with van der Waals surface area (Å²) in [6, 6.07) is 3.31. The average Bonchev–Trinajstić information content (AvgIpc) is 3.23. The van der Waals surface area contributed by atoms with Crippen LogP contribution in [0.1, 0.15) is 16.3 Å². The highest BCUT2D eigenvalue weighted by Crippen LogP contribution is 2.43. The fourth-order valence-electron chi connectivity index (χ4n) is 2.97. The summed E-state index contributed by atoms with van der Waals surface area (Å²) in [6.07, 6.45) is 0.591. The van der Waals surface area contributed by atoms with E-state index in [1.54, 1.807) is 6.92 Å². The topological polar surface area (TPSA) is 104 Å². The molecule has 3 aromatic rings. The molecule has 0 atom stereocenters. The molecule has 8 nitrogen and oxygen atoms in total. The van der Waals surface area contributed by atoms with Gasteiger partial charge in [0.05, 0.1) is 25.9 Å². The van der Waals surface area contributed by atoms with Crippen molar-refractivity contribution >= 4 is 26.4 Å². The lowest BCUT2D eigenvalue weighted by Gasteiger charge is -2.13. The van der Waals surface area contributed by atoms with Crippen LogP contribution >= 0.6 is 11.3 Å². The van der Waals surface area contributed by atoms with Gasteiger partial charge in [0.2, 0.25) is 0 Å². The third-order valence-corrected chi connectivity index (χ3v) is 6.83. The molecule has 1 aliphatic rings. The van der Waals surface area contributed by atoms with E-state index >= 15 is 0 Å². The first-order valence-electron chi connectivity index (χ1n) is 8.28. The van der Waals surface area contributed by atoms with Gasteiger partial charge in [-0.3, -0.25) is 4.72 Å². The molecule has 28 heavy (non-hydrogen) atoms. The summed E-state index contributed by atoms with van der Waals surface area (Å²) in [6.45, 7) is 2.55. The van der Waals surface area contributed by atoms with Crippen molar-refractivity contribution in [1.82, 2.24) is 10.1 Å². The van der Waals surface area contributed by atoms with E-state index in [0.29, 0.717) is 36.0 Å². The normalized spacial score (nSPS) is 14.0. The lowest BCUT2D eigenvalue weighted by Crippen LogP contribution is -2.14. The maximum Gasteiger partial charge on any atom is 0.266 e. The van der Waals surface area contributed by atoms with Crippen LogP contribution < -0.4 is 9.46 Å². The number of nitrogens with one attached hydrogen (secondary N) is 1. The molecule has 0 unspecified atom stereocenters. The van der Waals surface area contributed by atoms with Crippen molar-refractivity contribution in [2.45, 2.75) is 24.8 Å². The zero-order valence-electron chi connectivity index (χ0n) is 15.0. The molecular weight excluding hydrogens is 409 g/mol. The van der Waals surface area contributed by atoms with Gasteiger partial charge in [0.15, 0.2) is 5.82 Å². The van der Waals surface area contributed by atoms with Gasteiger partial charge in [0.25, 0.3) is 15.9 Å². The molecule has 0 saturated heterocycles. The minimum absolute atomic E-state index is 0.0359. The Bertz CT molecular complexity index is 1140. The van der Waals surface area contributed by atoms with Crippen LogP contribution in [0.5, 0.6) is 5.75 Å². The summed E-state index contributed by atoms with van der Waals surface area (Å²) < 4.78 is 58.0. The van der Waals surface area contributed by atoms with Crippen molar-refractivity contribution < 1.29 is 26.8 Å². The molecular formula is C17H16FN3O5S2. The molecule has 0 aliphatic carbocycles. The van der Waals surface area contributed by atoms with Crippen LogP contribution in [0.4, 0.5) is 9.39 Å². The molecule has 0 amide bonds. The highest BCUT2D eigenvalue weighted by atomic mass is 32.2. The van der Waals surface area contributed by atoms with Gasteiger partial charge in [-0.15, -0.1) is 11.3 Å². The van der Waals surface area contributed by atoms with Crippen LogP contribution in [0.2, 0.25) is 0 Å². The maximum atomic E-state index is 13.7. The van der Waals surface area contributed by atoms with E-state index in [1.165, 1.54) is 24.5 Å². The number of sulfonamides is 1. The van der Waals surface area contributed by atoms with E-state index in [-0.39, 0.29) is 16.5 Å². The molecule has 0 radical (unpaired) electrons. The first-order chi connectivity index (χ1) is 13.4. The molecule has 1 aromatic carbocycles. The van der Waals surface area contributed by atoms with Gasteiger partial charge >= 0.3 is 0 Å². The Morgan fingerprint density at radius 3 is 2.89 bits per heavy atom. The molecule has 0 spiro atoms. The smallest absolute Gasteiger partial charge is 0.266 e. The summed E-state index contributed by atoms with van der Waals surface area (Å²) in [5.74, 6) is 0.00459. The second kappa shape index (κ2) is 7.15. The van der Waals surface area contributed by atoms with Gasteiger partial charge in [0, 0.05) is 4.88 Å². The number of halogens is 1. The number of anilines is 1. The number of benzene rings is 1. The number of hydrogen-bond donors (Lipinski definition) is 1. The van der Waals surface area contributed by atoms with Crippen LogP contribution in [-0.4, -0.2) is 32.3 Å². The van der Waals surface area contributed by atoms with E-state index in [1.807, 2.05) is 0 Å². The van der Waals surface area contributed by atoms with E-state index < -0.39 is 15.8 Å². The number of aryl methyl sites for hydroxylation is 1. The number of aromatic nitrogens is 2. The SMILES string of the molecule is COc1ccc(F)cc1S(=O)(=O)Nc1sc2c(c1-c1nc(C)no1)CCOC2. The van der Waals surface area contributed by atoms with Gasteiger partial charge in [-0.25, -0.2) is 12.8 Å². The van der Waals surface area contributed by atoms with Crippen LogP contribution in [-0.2, 0) is 27.8 Å². The Morgan fingerprint density at radius 1 is 1.36 bits per heavy atom. The highest BCUT2D eigenvalue weighted by molar-refractivity contribution is 7.93. The summed E-state index contributed by atoms with van der Waals surface area (Å²) >= 11 is 1.23. The van der Waals surface area contributed by atoms with Gasteiger partial charge < -0.3 is 14.0 Å². The van der Waals surface area contributed by atoms with Crippen molar-refractivity contribution in [2.24, 2.45) is 0 Å². The monoisotopic (exact) mass is 425 g/mol. The predicted molar refractivity (Wildman–Crippen MR) is 99.5 cm³/mol. The molecule has 1 N–H and O–H groups in total. The molecule has 0 saturated carbocycles. The molecule has 4 rings (SSSR count). The molecule has 0 bridgehead atoms. The summed E-state index contributed by atoms with van der Waals surface area (Å²) in [5.41, 5.74) is 1.44. The summed E-state index contributed by atoms with van der Waals surface area (Å²) in [7, 11) is -2.82. The van der Waals surface area contributed by atoms with Gasteiger partial charge in [-0.2, -0.15) is 4.98 Å². The lowest BCUT2D eigenvalue weighted by molar-refractivity contribution is 0.113. The van der Waals surface area contributed by atoms with Crippen LogP contribution in [0.15, 0.2) is 27.6 Å². The van der Waals surface area contributed by atoms with Crippen molar-refractivity contribution in [3.63, 3.8) is 0 Å². The third-order valence-electron chi connectivity index (χ3n) is 4.20. The second-order valence-corrected chi connectivity index (χ2v) is 8.81. The number of methoxy groups -OCH3 is 1. The Labute approximate surface area is 164 Å². The zero-order valence-corrected chi connectivity index (χ0v) is 16.6. The fraction of sp³-hybridized carbons (Fsp3) is 0.294. The first kappa shape index (κ1) is 18.8. The molecule has 0 fully saturated rings. The van der Waals surface area contributed by atoms with Crippen molar-refractivity contribution in [3.8, 4) is 17.2 Å². The number of nitrogens with zero attached hydrogens (tertiary/aromatic N) is 2. The predicted octanol–water partition coefficient (Wildman–Crippen LogP) is 3.13. The maximum absolute atomic E-state index is 13.7. The van der Waals surface area contributed by atoms with E-state index in [4.69, 9.17) is 14.0 Å². The Balaban J connectivity index is 1.82. The van der Waals surface area contributed by atoms with Crippen molar-refractivity contribution in [1.29, 1.82) is 0 Å². The molecule has 1 aliphatic heterocycles. The van der Waals surface area contributed by atoms with Crippen LogP contribution in [0.25, 0.3) is 11.5 Å². The standard InChI is InChI=1S/C17H16FN3O5S2/c1-9-19-16(26-20-9)15-11-5-6-25-8-13(11)27-17(15)21-28(22,23)14-7-10(18)3-4-12(14)24-2/h3-4,7,21H,5-6,8H2,1-2H3. The van der Waals surface area contributed by atoms with Crippen molar-refractivity contribution in [2.75, 3.05) is 18.4 Å². The Morgan fingerprint density at radius 2 is 2.18 bits per heavy atom. The van der Waals surface area contributed by atoms with E-state index in [2.05, 4.69) is 14.9 Å². The molecule has 11 heteroatoms. The first-order valence-corrected chi connectivity index (χ1v) is 10.6. The Kier molecular flexibility index (Phi) is 4.81. The number of hydrogen-bond acceptors (Lipinski definition) is 8. The van der Waals surface area contributed by atoms with Crippen LogP contribution in [0.3, 0.4) is 0 Å². The number of fused-ring (bicyclic) bond motifs is 1. The van der Waals surface area contributed by atoms with E-state index in [9.17, 15) is 12.8 Å². The zero-order chi connectivity index (χ0) is 19.9. The average molecular weight is 425 g/mol. The minimum atomic E-state index is -4.14. The number of thiophene rings is 1. The number of rotatable bonds is 5. The number of ether oxygens (including phenoxy) is 2. The third kappa shape index (κ3) is 3.36. The molecule has 2 aromatic heterocycles. The minimum Gasteiger partial charge on any atom is -0.495 e. The van der Waals surface area contributed by atoms with Gasteiger partial charge in [-0.1, -0.05) is 5.16 Å². The van der Waals surface area contributed by atoms with E-state index in [0.717, 1.165) is 22.6 Å². The second-order valence-electron chi connectivity index (χ2n) is 6.06. The molecule has 3 heterocycles.